The summed E-state index contributed by atoms with van der Waals surface area (Å²) >= 11 is 1.57. The van der Waals surface area contributed by atoms with Crippen LogP contribution in [0.4, 0.5) is 0 Å². The number of rotatable bonds is 8. The van der Waals surface area contributed by atoms with E-state index in [1.54, 1.807) is 11.8 Å². The minimum Gasteiger partial charge on any atom is -0.486 e. The van der Waals surface area contributed by atoms with Crippen LogP contribution in [0, 0.1) is 0 Å². The number of hydrogen-bond donors (Lipinski definition) is 0. The van der Waals surface area contributed by atoms with Crippen LogP contribution in [0.25, 0.3) is 0 Å². The van der Waals surface area contributed by atoms with Crippen LogP contribution in [0.15, 0.2) is 95.9 Å². The minimum absolute atomic E-state index is 0.0297. The maximum atomic E-state index is 12.5. The monoisotopic (exact) mass is 430 g/mol. The Labute approximate surface area is 188 Å². The average Bonchev–Trinajstić information content (AvgIpc) is 2.82. The fraction of sp³-hybridized carbons (Fsp3) is 0.222. The van der Waals surface area contributed by atoms with Crippen molar-refractivity contribution < 1.29 is 14.3 Å². The Morgan fingerprint density at radius 1 is 0.968 bits per heavy atom. The Morgan fingerprint density at radius 2 is 1.65 bits per heavy atom. The Kier molecular flexibility index (Phi) is 7.11. The number of hydrogen-bond acceptors (Lipinski definition) is 4. The fourth-order valence-corrected chi connectivity index (χ4v) is 4.47. The van der Waals surface area contributed by atoms with Crippen LogP contribution >= 0.6 is 11.8 Å². The third kappa shape index (κ3) is 5.80. The van der Waals surface area contributed by atoms with Crippen LogP contribution in [-0.2, 0) is 16.0 Å². The third-order valence-corrected chi connectivity index (χ3v) is 6.35. The minimum atomic E-state index is -0.244. The number of benzene rings is 3. The highest BCUT2D eigenvalue weighted by atomic mass is 32.2. The number of esters is 1. The van der Waals surface area contributed by atoms with Gasteiger partial charge in [0.2, 0.25) is 0 Å². The van der Waals surface area contributed by atoms with Crippen molar-refractivity contribution in [2.45, 2.75) is 32.0 Å². The molecule has 2 atom stereocenters. The summed E-state index contributed by atoms with van der Waals surface area (Å²) in [6, 6.07) is 28.3. The second kappa shape index (κ2) is 10.4. The van der Waals surface area contributed by atoms with Crippen LogP contribution < -0.4 is 4.74 Å². The fourth-order valence-electron chi connectivity index (χ4n) is 3.54. The van der Waals surface area contributed by atoms with E-state index in [-0.39, 0.29) is 18.2 Å². The number of aryl methyl sites for hydroxylation is 1. The molecule has 0 aliphatic carbocycles. The first-order valence-electron chi connectivity index (χ1n) is 10.6. The highest BCUT2D eigenvalue weighted by Crippen LogP contribution is 2.33. The Balaban J connectivity index is 1.30. The molecule has 1 aliphatic heterocycles. The maximum Gasteiger partial charge on any atom is 0.344 e. The van der Waals surface area contributed by atoms with Gasteiger partial charge in [0, 0.05) is 12.2 Å². The lowest BCUT2D eigenvalue weighted by Crippen LogP contribution is -2.17. The number of carbonyl (C=O) groups excluding carboxylic acids is 1. The molecule has 0 fully saturated rings. The molecule has 4 heteroatoms. The molecule has 0 bridgehead atoms. The van der Waals surface area contributed by atoms with Crippen molar-refractivity contribution in [1.29, 1.82) is 0 Å². The summed E-state index contributed by atoms with van der Waals surface area (Å²) in [5.41, 5.74) is 3.40. The Hall–Kier alpha value is -2.98. The smallest absolute Gasteiger partial charge is 0.344 e. The second-order valence-electron chi connectivity index (χ2n) is 7.52. The van der Waals surface area contributed by atoms with Gasteiger partial charge in [-0.1, -0.05) is 78.9 Å². The first-order valence-corrected chi connectivity index (χ1v) is 11.6. The molecular formula is C27H26O3S. The number of carbonyl (C=O) groups is 1. The highest BCUT2D eigenvalue weighted by Gasteiger charge is 2.24. The van der Waals surface area contributed by atoms with Gasteiger partial charge in [-0.2, -0.15) is 0 Å². The van der Waals surface area contributed by atoms with Gasteiger partial charge in [-0.05, 0) is 42.2 Å². The molecular weight excluding hydrogens is 404 g/mol. The van der Waals surface area contributed by atoms with Gasteiger partial charge >= 0.3 is 5.97 Å². The van der Waals surface area contributed by atoms with E-state index in [1.807, 2.05) is 73.7 Å². The van der Waals surface area contributed by atoms with E-state index in [2.05, 4.69) is 24.3 Å². The predicted molar refractivity (Wildman–Crippen MR) is 126 cm³/mol. The highest BCUT2D eigenvalue weighted by molar-refractivity contribution is 8.03. The van der Waals surface area contributed by atoms with Gasteiger partial charge in [-0.25, -0.2) is 4.79 Å². The lowest BCUT2D eigenvalue weighted by Gasteiger charge is -2.23. The van der Waals surface area contributed by atoms with Crippen LogP contribution in [0.2, 0.25) is 0 Å². The molecule has 1 aliphatic rings. The van der Waals surface area contributed by atoms with Crippen molar-refractivity contribution in [1.82, 2.24) is 0 Å². The van der Waals surface area contributed by atoms with E-state index in [4.69, 9.17) is 9.47 Å². The predicted octanol–water partition coefficient (Wildman–Crippen LogP) is 6.67. The maximum absolute atomic E-state index is 12.5. The molecule has 2 unspecified atom stereocenters. The molecule has 3 aromatic carbocycles. The molecule has 0 radical (unpaired) electrons. The molecule has 31 heavy (non-hydrogen) atoms. The van der Waals surface area contributed by atoms with Crippen LogP contribution in [0.1, 0.15) is 42.2 Å². The summed E-state index contributed by atoms with van der Waals surface area (Å²) in [5, 5.41) is 0. The topological polar surface area (TPSA) is 35.5 Å². The number of cyclic esters (lactones) is 1. The SMILES string of the molecule is CC(Oc1ccc(C2CC=C(SCCc3ccccc3)C(=O)O2)cc1)c1ccccc1. The van der Waals surface area contributed by atoms with Crippen LogP contribution in [0.3, 0.4) is 0 Å². The zero-order chi connectivity index (χ0) is 21.5. The molecule has 3 nitrogen and oxygen atoms in total. The normalized spacial score (nSPS) is 16.9. The summed E-state index contributed by atoms with van der Waals surface area (Å²) < 4.78 is 11.7. The first-order chi connectivity index (χ1) is 15.2. The van der Waals surface area contributed by atoms with E-state index in [1.165, 1.54) is 5.56 Å². The summed E-state index contributed by atoms with van der Waals surface area (Å²) in [5.74, 6) is 1.43. The van der Waals surface area contributed by atoms with E-state index in [0.29, 0.717) is 11.3 Å². The van der Waals surface area contributed by atoms with Crippen molar-refractivity contribution in [3.63, 3.8) is 0 Å². The summed E-state index contributed by atoms with van der Waals surface area (Å²) in [6.45, 7) is 2.04. The van der Waals surface area contributed by atoms with Crippen molar-refractivity contribution in [2.24, 2.45) is 0 Å². The van der Waals surface area contributed by atoms with E-state index in [9.17, 15) is 4.79 Å². The molecule has 0 saturated heterocycles. The number of ether oxygens (including phenoxy) is 2. The van der Waals surface area contributed by atoms with Crippen molar-refractivity contribution >= 4 is 17.7 Å². The van der Waals surface area contributed by atoms with Gasteiger partial charge in [0.05, 0.1) is 4.91 Å². The summed E-state index contributed by atoms with van der Waals surface area (Å²) in [6.07, 6.45) is 3.36. The summed E-state index contributed by atoms with van der Waals surface area (Å²) in [4.78, 5) is 13.2. The number of thioether (sulfide) groups is 1. The zero-order valence-corrected chi connectivity index (χ0v) is 18.4. The summed E-state index contributed by atoms with van der Waals surface area (Å²) in [7, 11) is 0. The van der Waals surface area contributed by atoms with Gasteiger partial charge in [0.1, 0.15) is 18.0 Å². The van der Waals surface area contributed by atoms with Gasteiger partial charge in [0.15, 0.2) is 0 Å². The molecule has 0 N–H and O–H groups in total. The lowest BCUT2D eigenvalue weighted by atomic mass is 10.0. The van der Waals surface area contributed by atoms with Crippen molar-refractivity contribution in [3.8, 4) is 5.75 Å². The van der Waals surface area contributed by atoms with Crippen LogP contribution in [0.5, 0.6) is 5.75 Å². The van der Waals surface area contributed by atoms with Gasteiger partial charge < -0.3 is 9.47 Å². The molecule has 0 amide bonds. The molecule has 4 rings (SSSR count). The molecule has 0 spiro atoms. The van der Waals surface area contributed by atoms with E-state index >= 15 is 0 Å². The second-order valence-corrected chi connectivity index (χ2v) is 8.66. The molecule has 1 heterocycles. The Morgan fingerprint density at radius 3 is 2.32 bits per heavy atom. The molecule has 3 aromatic rings. The van der Waals surface area contributed by atoms with Gasteiger partial charge in [0.25, 0.3) is 0 Å². The molecule has 0 aromatic heterocycles. The lowest BCUT2D eigenvalue weighted by molar-refractivity contribution is -0.144. The quantitative estimate of drug-likeness (QED) is 0.374. The van der Waals surface area contributed by atoms with E-state index < -0.39 is 0 Å². The standard InChI is InChI=1S/C27H26O3S/c1-20(22-10-6-3-7-11-22)29-24-14-12-23(13-15-24)25-16-17-26(27(28)30-25)31-19-18-21-8-4-2-5-9-21/h2-15,17,20,25H,16,18-19H2,1H3. The van der Waals surface area contributed by atoms with Gasteiger partial charge in [-0.15, -0.1) is 11.8 Å². The largest absolute Gasteiger partial charge is 0.486 e. The molecule has 158 valence electrons. The van der Waals surface area contributed by atoms with E-state index in [0.717, 1.165) is 29.1 Å². The van der Waals surface area contributed by atoms with Crippen molar-refractivity contribution in [3.05, 3.63) is 113 Å². The van der Waals surface area contributed by atoms with Crippen LogP contribution in [-0.4, -0.2) is 11.7 Å². The first kappa shape index (κ1) is 21.3. The molecule has 0 saturated carbocycles. The third-order valence-electron chi connectivity index (χ3n) is 5.29. The van der Waals surface area contributed by atoms with Crippen molar-refractivity contribution in [2.75, 3.05) is 5.75 Å². The van der Waals surface area contributed by atoms with Gasteiger partial charge in [-0.3, -0.25) is 0 Å². The zero-order valence-electron chi connectivity index (χ0n) is 17.6. The average molecular weight is 431 g/mol. The Bertz CT molecular complexity index is 1010.